The van der Waals surface area contributed by atoms with Crippen molar-refractivity contribution in [3.63, 3.8) is 0 Å². The average molecular weight is 427 g/mol. The summed E-state index contributed by atoms with van der Waals surface area (Å²) >= 11 is 0. The monoisotopic (exact) mass is 427 g/mol. The van der Waals surface area contributed by atoms with Crippen molar-refractivity contribution in [3.8, 4) is 0 Å². The SMILES string of the molecule is C=C1N(C)c2ccc3c(S(=O)(=O)[O-])cc(S(=O)(=O)[O-])cc3c2C1(C)C.[Na+].[Na+]. The van der Waals surface area contributed by atoms with Crippen LogP contribution in [0.25, 0.3) is 10.8 Å². The van der Waals surface area contributed by atoms with Gasteiger partial charge in [0.25, 0.3) is 0 Å². The van der Waals surface area contributed by atoms with Gasteiger partial charge in [-0.1, -0.05) is 26.5 Å². The third kappa shape index (κ3) is 4.05. The van der Waals surface area contributed by atoms with E-state index in [1.807, 2.05) is 13.8 Å². The van der Waals surface area contributed by atoms with Crippen molar-refractivity contribution in [2.24, 2.45) is 0 Å². The molecule has 0 saturated carbocycles. The van der Waals surface area contributed by atoms with Gasteiger partial charge < -0.3 is 14.0 Å². The van der Waals surface area contributed by atoms with E-state index in [0.29, 0.717) is 17.3 Å². The van der Waals surface area contributed by atoms with Crippen molar-refractivity contribution in [1.29, 1.82) is 0 Å². The molecule has 1 aliphatic heterocycles. The van der Waals surface area contributed by atoms with E-state index >= 15 is 0 Å². The minimum atomic E-state index is -4.98. The minimum Gasteiger partial charge on any atom is -0.744 e. The predicted octanol–water partition coefficient (Wildman–Crippen LogP) is -4.10. The van der Waals surface area contributed by atoms with Gasteiger partial charge in [0.15, 0.2) is 0 Å². The van der Waals surface area contributed by atoms with Crippen molar-refractivity contribution < 1.29 is 85.1 Å². The number of rotatable bonds is 2. The van der Waals surface area contributed by atoms with Gasteiger partial charge in [-0.15, -0.1) is 0 Å². The molecule has 0 aromatic heterocycles. The molecule has 0 atom stereocenters. The zero-order valence-electron chi connectivity index (χ0n) is 15.7. The van der Waals surface area contributed by atoms with Crippen LogP contribution in [0, 0.1) is 0 Å². The zero-order valence-corrected chi connectivity index (χ0v) is 21.4. The van der Waals surface area contributed by atoms with Gasteiger partial charge in [-0.05, 0) is 34.5 Å². The molecule has 7 nitrogen and oxygen atoms in total. The minimum absolute atomic E-state index is 0. The molecule has 2 aromatic carbocycles. The van der Waals surface area contributed by atoms with Crippen LogP contribution in [-0.4, -0.2) is 33.0 Å². The van der Waals surface area contributed by atoms with Crippen molar-refractivity contribution >= 4 is 36.7 Å². The Kier molecular flexibility index (Phi) is 7.17. The van der Waals surface area contributed by atoms with Crippen molar-refractivity contribution in [1.82, 2.24) is 0 Å². The standard InChI is InChI=1S/C16H17NO6S2.2Na/c1-9-16(2,3)15-12-7-10(24(18,19)20)8-14(25(21,22)23)11(12)5-6-13(15)17(9)4;;/h5-8H,1H2,2-4H3,(H,18,19,20)(H,21,22,23);;/q;2*+1/p-2. The fourth-order valence-electron chi connectivity index (χ4n) is 3.36. The molecule has 11 heteroatoms. The molecule has 0 spiro atoms. The fourth-order valence-corrected chi connectivity index (χ4v) is 4.68. The normalized spacial score (nSPS) is 15.9. The molecule has 0 N–H and O–H groups in total. The van der Waals surface area contributed by atoms with E-state index in [0.717, 1.165) is 11.8 Å². The molecule has 0 aliphatic carbocycles. The summed E-state index contributed by atoms with van der Waals surface area (Å²) in [6.45, 7) is 7.71. The first-order chi connectivity index (χ1) is 11.3. The number of anilines is 1. The molecule has 3 rings (SSSR count). The predicted molar refractivity (Wildman–Crippen MR) is 90.4 cm³/mol. The Morgan fingerprint density at radius 2 is 1.52 bits per heavy atom. The smallest absolute Gasteiger partial charge is 0.744 e. The first-order valence-corrected chi connectivity index (χ1v) is 10.0. The van der Waals surface area contributed by atoms with Crippen LogP contribution in [0.1, 0.15) is 19.4 Å². The van der Waals surface area contributed by atoms with Crippen LogP contribution in [0.5, 0.6) is 0 Å². The van der Waals surface area contributed by atoms with E-state index in [9.17, 15) is 25.9 Å². The molecule has 27 heavy (non-hydrogen) atoms. The Morgan fingerprint density at radius 3 is 2.00 bits per heavy atom. The molecule has 0 saturated heterocycles. The molecule has 1 heterocycles. The van der Waals surface area contributed by atoms with Crippen LogP contribution in [0.4, 0.5) is 5.69 Å². The van der Waals surface area contributed by atoms with E-state index in [4.69, 9.17) is 0 Å². The number of fused-ring (bicyclic) bond motifs is 3. The summed E-state index contributed by atoms with van der Waals surface area (Å²) in [7, 11) is -8.15. The van der Waals surface area contributed by atoms with Crippen molar-refractivity contribution in [2.45, 2.75) is 29.1 Å². The Balaban J connectivity index is 0.00000182. The van der Waals surface area contributed by atoms with Crippen LogP contribution in [0.15, 0.2) is 46.3 Å². The first kappa shape index (κ1) is 25.1. The summed E-state index contributed by atoms with van der Waals surface area (Å²) in [5.74, 6) is 0. The van der Waals surface area contributed by atoms with Gasteiger partial charge in [0.1, 0.15) is 20.2 Å². The molecule has 0 unspecified atom stereocenters. The fraction of sp³-hybridized carbons (Fsp3) is 0.250. The Bertz CT molecular complexity index is 1160. The Hall–Kier alpha value is 0.0600. The summed E-state index contributed by atoms with van der Waals surface area (Å²) in [4.78, 5) is 0.329. The quantitative estimate of drug-likeness (QED) is 0.353. The molecular weight excluding hydrogens is 412 g/mol. The summed E-state index contributed by atoms with van der Waals surface area (Å²) < 4.78 is 69.3. The molecule has 1 aliphatic rings. The second-order valence-corrected chi connectivity index (χ2v) is 9.24. The van der Waals surface area contributed by atoms with Crippen LogP contribution < -0.4 is 64.0 Å². The van der Waals surface area contributed by atoms with E-state index in [-0.39, 0.29) is 69.9 Å². The van der Waals surface area contributed by atoms with Crippen LogP contribution in [-0.2, 0) is 25.7 Å². The molecular formula is C16H15NNa2O6S2. The van der Waals surface area contributed by atoms with E-state index in [2.05, 4.69) is 6.58 Å². The molecule has 0 amide bonds. The number of hydrogen-bond acceptors (Lipinski definition) is 7. The van der Waals surface area contributed by atoms with Gasteiger partial charge in [0, 0.05) is 23.8 Å². The van der Waals surface area contributed by atoms with E-state index in [1.54, 1.807) is 18.0 Å². The zero-order chi connectivity index (χ0) is 18.9. The van der Waals surface area contributed by atoms with E-state index in [1.165, 1.54) is 6.07 Å². The van der Waals surface area contributed by atoms with Crippen LogP contribution in [0.2, 0.25) is 0 Å². The average Bonchev–Trinajstić information content (AvgIpc) is 2.65. The number of nitrogens with zero attached hydrogens (tertiary/aromatic N) is 1. The molecule has 0 bridgehead atoms. The number of hydrogen-bond donors (Lipinski definition) is 0. The largest absolute Gasteiger partial charge is 1.00 e. The summed E-state index contributed by atoms with van der Waals surface area (Å²) in [6.07, 6.45) is 0. The number of likely N-dealkylation sites (N-methyl/N-ethyl adjacent to an activating group) is 1. The first-order valence-electron chi connectivity index (χ1n) is 7.22. The molecule has 134 valence electrons. The maximum atomic E-state index is 11.6. The second-order valence-electron chi connectivity index (χ2n) is 6.52. The van der Waals surface area contributed by atoms with Gasteiger partial charge >= 0.3 is 59.1 Å². The molecule has 0 fully saturated rings. The maximum absolute atomic E-state index is 11.6. The van der Waals surface area contributed by atoms with Gasteiger partial charge in [-0.25, -0.2) is 16.8 Å². The maximum Gasteiger partial charge on any atom is 1.00 e. The third-order valence-electron chi connectivity index (χ3n) is 4.72. The number of benzene rings is 2. The Labute approximate surface area is 202 Å². The van der Waals surface area contributed by atoms with Gasteiger partial charge in [0.2, 0.25) is 0 Å². The van der Waals surface area contributed by atoms with Crippen LogP contribution in [0.3, 0.4) is 0 Å². The van der Waals surface area contributed by atoms with Gasteiger partial charge in [-0.3, -0.25) is 0 Å². The number of allylic oxidation sites excluding steroid dienone is 1. The summed E-state index contributed by atoms with van der Waals surface area (Å²) in [5, 5.41) is 0.316. The van der Waals surface area contributed by atoms with Crippen molar-refractivity contribution in [3.05, 3.63) is 42.1 Å². The summed E-state index contributed by atoms with van der Waals surface area (Å²) in [5.41, 5.74) is 1.40. The van der Waals surface area contributed by atoms with Gasteiger partial charge in [0.05, 0.1) is 9.79 Å². The van der Waals surface area contributed by atoms with E-state index < -0.39 is 35.4 Å². The molecule has 2 aromatic rings. The molecule has 0 radical (unpaired) electrons. The van der Waals surface area contributed by atoms with Crippen molar-refractivity contribution in [2.75, 3.05) is 11.9 Å². The third-order valence-corrected chi connectivity index (χ3v) is 6.41. The topological polar surface area (TPSA) is 118 Å². The van der Waals surface area contributed by atoms with Gasteiger partial charge in [-0.2, -0.15) is 0 Å². The summed E-state index contributed by atoms with van der Waals surface area (Å²) in [6, 6.07) is 4.84. The Morgan fingerprint density at radius 1 is 0.963 bits per heavy atom. The van der Waals surface area contributed by atoms with Crippen LogP contribution >= 0.6 is 0 Å². The second kappa shape index (κ2) is 7.71.